The molecular weight excluding hydrogens is 328 g/mol. The molecule has 4 rings (SSSR count). The van der Waals surface area contributed by atoms with Gasteiger partial charge in [-0.25, -0.2) is 4.98 Å². The summed E-state index contributed by atoms with van der Waals surface area (Å²) in [6, 6.07) is 15.2. The number of ether oxygens (including phenoxy) is 1. The van der Waals surface area contributed by atoms with Crippen molar-refractivity contribution in [2.45, 2.75) is 25.8 Å². The summed E-state index contributed by atoms with van der Waals surface area (Å²) in [6.07, 6.45) is 1.76. The molecule has 1 aliphatic heterocycles. The molecule has 1 unspecified atom stereocenters. The van der Waals surface area contributed by atoms with E-state index in [9.17, 15) is 4.79 Å². The van der Waals surface area contributed by atoms with Crippen molar-refractivity contribution in [1.29, 1.82) is 0 Å². The Morgan fingerprint density at radius 1 is 1.19 bits per heavy atom. The first-order valence-corrected chi connectivity index (χ1v) is 8.73. The quantitative estimate of drug-likeness (QED) is 0.760. The summed E-state index contributed by atoms with van der Waals surface area (Å²) < 4.78 is 5.76. The summed E-state index contributed by atoms with van der Waals surface area (Å²) in [5.74, 6) is 2.15. The van der Waals surface area contributed by atoms with Gasteiger partial charge in [-0.3, -0.25) is 9.89 Å². The van der Waals surface area contributed by atoms with Crippen molar-refractivity contribution < 1.29 is 9.53 Å². The van der Waals surface area contributed by atoms with Crippen molar-refractivity contribution in [2.75, 3.05) is 6.61 Å². The van der Waals surface area contributed by atoms with Crippen LogP contribution in [0.4, 0.5) is 0 Å². The number of nitrogens with zero attached hydrogens (tertiary/aromatic N) is 2. The SMILES string of the molecule is Cc1nc(-c2ccc(C(=O)NC3CCCOc4ccccc43)cc2)n[nH]1. The van der Waals surface area contributed by atoms with Crippen LogP contribution >= 0.6 is 0 Å². The molecule has 1 amide bonds. The van der Waals surface area contributed by atoms with E-state index in [1.807, 2.05) is 43.3 Å². The van der Waals surface area contributed by atoms with Crippen LogP contribution in [0.5, 0.6) is 5.75 Å². The van der Waals surface area contributed by atoms with Crippen molar-refractivity contribution >= 4 is 5.91 Å². The highest BCUT2D eigenvalue weighted by molar-refractivity contribution is 5.94. The number of hydrogen-bond donors (Lipinski definition) is 2. The predicted molar refractivity (Wildman–Crippen MR) is 97.9 cm³/mol. The topological polar surface area (TPSA) is 79.9 Å². The average molecular weight is 348 g/mol. The van der Waals surface area contributed by atoms with E-state index in [1.54, 1.807) is 12.1 Å². The van der Waals surface area contributed by atoms with E-state index in [0.29, 0.717) is 18.0 Å². The number of hydrogen-bond acceptors (Lipinski definition) is 4. The molecule has 132 valence electrons. The van der Waals surface area contributed by atoms with Gasteiger partial charge in [0, 0.05) is 16.7 Å². The van der Waals surface area contributed by atoms with Crippen LogP contribution in [0, 0.1) is 6.92 Å². The summed E-state index contributed by atoms with van der Waals surface area (Å²) in [7, 11) is 0. The van der Waals surface area contributed by atoms with Crippen LogP contribution in [-0.2, 0) is 0 Å². The highest BCUT2D eigenvalue weighted by atomic mass is 16.5. The third-order valence-electron chi connectivity index (χ3n) is 4.50. The molecule has 0 fully saturated rings. The number of aryl methyl sites for hydroxylation is 1. The Labute approximate surface area is 151 Å². The van der Waals surface area contributed by atoms with Crippen molar-refractivity contribution in [3.63, 3.8) is 0 Å². The molecule has 6 nitrogen and oxygen atoms in total. The van der Waals surface area contributed by atoms with Gasteiger partial charge in [0.2, 0.25) is 0 Å². The molecule has 1 aliphatic rings. The van der Waals surface area contributed by atoms with E-state index in [4.69, 9.17) is 4.74 Å². The van der Waals surface area contributed by atoms with Gasteiger partial charge in [-0.05, 0) is 38.0 Å². The number of rotatable bonds is 3. The van der Waals surface area contributed by atoms with E-state index in [0.717, 1.165) is 35.5 Å². The molecule has 6 heteroatoms. The lowest BCUT2D eigenvalue weighted by Crippen LogP contribution is -2.28. The van der Waals surface area contributed by atoms with Crippen LogP contribution in [0.15, 0.2) is 48.5 Å². The number of benzene rings is 2. The Hall–Kier alpha value is -3.15. The molecule has 0 bridgehead atoms. The zero-order valence-electron chi connectivity index (χ0n) is 14.5. The fourth-order valence-electron chi connectivity index (χ4n) is 3.16. The number of carbonyl (C=O) groups is 1. The summed E-state index contributed by atoms with van der Waals surface area (Å²) in [5.41, 5.74) is 2.52. The standard InChI is InChI=1S/C20H20N4O2/c1-13-21-19(24-23-13)14-8-10-15(11-9-14)20(25)22-17-6-4-12-26-18-7-3-2-5-16(17)18/h2-3,5,7-11,17H,4,6,12H2,1H3,(H,22,25)(H,21,23,24). The predicted octanol–water partition coefficient (Wildman–Crippen LogP) is 3.42. The second kappa shape index (κ2) is 7.00. The maximum atomic E-state index is 12.7. The Balaban J connectivity index is 1.51. The van der Waals surface area contributed by atoms with Crippen molar-refractivity contribution in [3.8, 4) is 17.1 Å². The number of carbonyl (C=O) groups excluding carboxylic acids is 1. The van der Waals surface area contributed by atoms with Crippen molar-refractivity contribution in [3.05, 3.63) is 65.5 Å². The minimum atomic E-state index is -0.0931. The second-order valence-electron chi connectivity index (χ2n) is 6.38. The molecule has 1 atom stereocenters. The average Bonchev–Trinajstić information content (AvgIpc) is 3.00. The number of aromatic amines is 1. The number of nitrogens with one attached hydrogen (secondary N) is 2. The largest absolute Gasteiger partial charge is 0.493 e. The molecule has 26 heavy (non-hydrogen) atoms. The summed E-state index contributed by atoms with van der Waals surface area (Å²) in [4.78, 5) is 17.0. The third kappa shape index (κ3) is 3.31. The fraction of sp³-hybridized carbons (Fsp3) is 0.250. The second-order valence-corrected chi connectivity index (χ2v) is 6.38. The lowest BCUT2D eigenvalue weighted by molar-refractivity contribution is 0.0934. The zero-order chi connectivity index (χ0) is 17.9. The van der Waals surface area contributed by atoms with E-state index in [2.05, 4.69) is 20.5 Å². The third-order valence-corrected chi connectivity index (χ3v) is 4.50. The van der Waals surface area contributed by atoms with Crippen LogP contribution in [-0.4, -0.2) is 27.7 Å². The van der Waals surface area contributed by atoms with Crippen molar-refractivity contribution in [2.24, 2.45) is 0 Å². The molecule has 2 aromatic carbocycles. The number of aromatic nitrogens is 3. The van der Waals surface area contributed by atoms with Crippen LogP contribution in [0.25, 0.3) is 11.4 Å². The van der Waals surface area contributed by atoms with Crippen molar-refractivity contribution in [1.82, 2.24) is 20.5 Å². The molecule has 0 saturated heterocycles. The number of para-hydroxylation sites is 1. The number of fused-ring (bicyclic) bond motifs is 1. The Morgan fingerprint density at radius 3 is 2.77 bits per heavy atom. The van der Waals surface area contributed by atoms with Crippen LogP contribution in [0.1, 0.15) is 40.6 Å². The van der Waals surface area contributed by atoms with E-state index < -0.39 is 0 Å². The molecule has 0 spiro atoms. The van der Waals surface area contributed by atoms with E-state index in [1.165, 1.54) is 0 Å². The normalized spacial score (nSPS) is 16.3. The number of H-pyrrole nitrogens is 1. The van der Waals surface area contributed by atoms with Gasteiger partial charge in [-0.2, -0.15) is 5.10 Å². The monoisotopic (exact) mass is 348 g/mol. The zero-order valence-corrected chi connectivity index (χ0v) is 14.5. The van der Waals surface area contributed by atoms with Gasteiger partial charge in [0.25, 0.3) is 5.91 Å². The van der Waals surface area contributed by atoms with Gasteiger partial charge < -0.3 is 10.1 Å². The van der Waals surface area contributed by atoms with Gasteiger partial charge in [0.1, 0.15) is 11.6 Å². The maximum absolute atomic E-state index is 12.7. The summed E-state index contributed by atoms with van der Waals surface area (Å²) >= 11 is 0. The lowest BCUT2D eigenvalue weighted by atomic mass is 10.0. The lowest BCUT2D eigenvalue weighted by Gasteiger charge is -2.18. The molecule has 0 radical (unpaired) electrons. The molecule has 0 aliphatic carbocycles. The first kappa shape index (κ1) is 16.3. The Bertz CT molecular complexity index is 918. The first-order valence-electron chi connectivity index (χ1n) is 8.73. The Morgan fingerprint density at radius 2 is 2.00 bits per heavy atom. The van der Waals surface area contributed by atoms with E-state index in [-0.39, 0.29) is 11.9 Å². The van der Waals surface area contributed by atoms with Crippen LogP contribution < -0.4 is 10.1 Å². The number of amides is 1. The molecular formula is C20H20N4O2. The van der Waals surface area contributed by atoms with E-state index >= 15 is 0 Å². The van der Waals surface area contributed by atoms with Gasteiger partial charge in [0.15, 0.2) is 5.82 Å². The Kier molecular flexibility index (Phi) is 4.39. The van der Waals surface area contributed by atoms with Crippen LogP contribution in [0.3, 0.4) is 0 Å². The van der Waals surface area contributed by atoms with Gasteiger partial charge >= 0.3 is 0 Å². The fourth-order valence-corrected chi connectivity index (χ4v) is 3.16. The summed E-state index contributed by atoms with van der Waals surface area (Å²) in [6.45, 7) is 2.53. The smallest absolute Gasteiger partial charge is 0.251 e. The maximum Gasteiger partial charge on any atom is 0.251 e. The highest BCUT2D eigenvalue weighted by Crippen LogP contribution is 2.31. The first-order chi connectivity index (χ1) is 12.7. The molecule has 2 N–H and O–H groups in total. The minimum Gasteiger partial charge on any atom is -0.493 e. The van der Waals surface area contributed by atoms with Crippen LogP contribution in [0.2, 0.25) is 0 Å². The highest BCUT2D eigenvalue weighted by Gasteiger charge is 2.21. The molecule has 2 heterocycles. The van der Waals surface area contributed by atoms with Gasteiger partial charge in [0.05, 0.1) is 12.6 Å². The minimum absolute atomic E-state index is 0.0449. The molecule has 1 aromatic heterocycles. The van der Waals surface area contributed by atoms with Gasteiger partial charge in [-0.1, -0.05) is 30.3 Å². The summed E-state index contributed by atoms with van der Waals surface area (Å²) in [5, 5.41) is 10.1. The van der Waals surface area contributed by atoms with Gasteiger partial charge in [-0.15, -0.1) is 0 Å². The molecule has 0 saturated carbocycles. The molecule has 3 aromatic rings.